The van der Waals surface area contributed by atoms with Crippen molar-refractivity contribution in [1.82, 2.24) is 0 Å². The fraction of sp³-hybridized carbons (Fsp3) is 0.105. The first kappa shape index (κ1) is 16.8. The number of hydrogen-bond acceptors (Lipinski definition) is 2. The van der Waals surface area contributed by atoms with E-state index in [1.165, 1.54) is 0 Å². The van der Waals surface area contributed by atoms with Crippen LogP contribution in [-0.4, -0.2) is 5.91 Å². The summed E-state index contributed by atoms with van der Waals surface area (Å²) in [4.78, 5) is 11.9. The molecule has 1 amide bonds. The molecule has 2 aromatic carbocycles. The van der Waals surface area contributed by atoms with Crippen LogP contribution in [0.5, 0.6) is 0 Å². The van der Waals surface area contributed by atoms with Gasteiger partial charge in [0.25, 0.3) is 0 Å². The van der Waals surface area contributed by atoms with Crippen LogP contribution in [0.1, 0.15) is 12.2 Å². The Hall–Kier alpha value is -3.02. The van der Waals surface area contributed by atoms with E-state index in [4.69, 9.17) is 4.42 Å². The molecule has 0 radical (unpaired) electrons. The maximum atomic E-state index is 13.5. The van der Waals surface area contributed by atoms with Gasteiger partial charge >= 0.3 is 0 Å². The molecule has 3 rings (SSSR count). The molecule has 128 valence electrons. The second kappa shape index (κ2) is 7.25. The molecule has 0 unspecified atom stereocenters. The van der Waals surface area contributed by atoms with E-state index < -0.39 is 29.0 Å². The number of carbonyl (C=O) groups excluding carboxylic acids is 1. The third kappa shape index (κ3) is 3.91. The van der Waals surface area contributed by atoms with Crippen LogP contribution in [0, 0.1) is 17.5 Å². The van der Waals surface area contributed by atoms with Crippen LogP contribution in [0.15, 0.2) is 59.0 Å². The predicted molar refractivity (Wildman–Crippen MR) is 87.4 cm³/mol. The average molecular weight is 345 g/mol. The molecule has 1 N–H and O–H groups in total. The molecule has 0 fully saturated rings. The van der Waals surface area contributed by atoms with Crippen molar-refractivity contribution in [3.63, 3.8) is 0 Å². The molecule has 0 saturated heterocycles. The topological polar surface area (TPSA) is 42.2 Å². The minimum absolute atomic E-state index is 0.0141. The van der Waals surface area contributed by atoms with E-state index in [2.05, 4.69) is 5.32 Å². The summed E-state index contributed by atoms with van der Waals surface area (Å²) < 4.78 is 45.2. The average Bonchev–Trinajstić information content (AvgIpc) is 3.10. The van der Waals surface area contributed by atoms with E-state index in [9.17, 15) is 18.0 Å². The smallest absolute Gasteiger partial charge is 0.224 e. The Morgan fingerprint density at radius 1 is 0.920 bits per heavy atom. The SMILES string of the molecule is O=C(CCc1ccc(-c2ccccc2)o1)Nc1ccc(F)c(F)c1F. The van der Waals surface area contributed by atoms with Gasteiger partial charge in [-0.15, -0.1) is 0 Å². The van der Waals surface area contributed by atoms with E-state index in [0.29, 0.717) is 17.9 Å². The van der Waals surface area contributed by atoms with Crippen molar-refractivity contribution in [2.24, 2.45) is 0 Å². The summed E-state index contributed by atoms with van der Waals surface area (Å²) in [5.41, 5.74) is 0.523. The van der Waals surface area contributed by atoms with E-state index in [-0.39, 0.29) is 6.42 Å². The Bertz CT molecular complexity index is 891. The molecule has 0 atom stereocenters. The number of halogens is 3. The first-order chi connectivity index (χ1) is 12.0. The molecule has 0 spiro atoms. The summed E-state index contributed by atoms with van der Waals surface area (Å²) >= 11 is 0. The van der Waals surface area contributed by atoms with Gasteiger partial charge in [-0.1, -0.05) is 30.3 Å². The van der Waals surface area contributed by atoms with Crippen molar-refractivity contribution >= 4 is 11.6 Å². The monoisotopic (exact) mass is 345 g/mol. The Labute approximate surface area is 142 Å². The number of rotatable bonds is 5. The summed E-state index contributed by atoms with van der Waals surface area (Å²) in [6.07, 6.45) is 0.310. The normalized spacial score (nSPS) is 10.7. The minimum Gasteiger partial charge on any atom is -0.461 e. The quantitative estimate of drug-likeness (QED) is 0.666. The number of aryl methyl sites for hydroxylation is 1. The minimum atomic E-state index is -1.61. The highest BCUT2D eigenvalue weighted by Crippen LogP contribution is 2.23. The van der Waals surface area contributed by atoms with E-state index >= 15 is 0 Å². The van der Waals surface area contributed by atoms with Gasteiger partial charge in [0, 0.05) is 18.4 Å². The maximum absolute atomic E-state index is 13.5. The fourth-order valence-corrected chi connectivity index (χ4v) is 2.34. The summed E-state index contributed by atoms with van der Waals surface area (Å²) in [5, 5.41) is 2.22. The van der Waals surface area contributed by atoms with Gasteiger partial charge in [-0.3, -0.25) is 4.79 Å². The largest absolute Gasteiger partial charge is 0.461 e. The van der Waals surface area contributed by atoms with Crippen LogP contribution in [0.25, 0.3) is 11.3 Å². The van der Waals surface area contributed by atoms with Gasteiger partial charge in [-0.05, 0) is 24.3 Å². The first-order valence-electron chi connectivity index (χ1n) is 7.62. The van der Waals surface area contributed by atoms with Gasteiger partial charge in [-0.25, -0.2) is 13.2 Å². The highest BCUT2D eigenvalue weighted by molar-refractivity contribution is 5.90. The number of hydrogen-bond donors (Lipinski definition) is 1. The van der Waals surface area contributed by atoms with Crippen LogP contribution >= 0.6 is 0 Å². The van der Waals surface area contributed by atoms with E-state index in [1.54, 1.807) is 12.1 Å². The zero-order chi connectivity index (χ0) is 17.8. The molecule has 3 aromatic rings. The number of furan rings is 1. The van der Waals surface area contributed by atoms with Crippen molar-refractivity contribution < 1.29 is 22.4 Å². The van der Waals surface area contributed by atoms with Crippen LogP contribution in [0.3, 0.4) is 0 Å². The predicted octanol–water partition coefficient (Wildman–Crippen LogP) is 4.94. The van der Waals surface area contributed by atoms with Gasteiger partial charge in [0.1, 0.15) is 11.5 Å². The molecule has 0 bridgehead atoms. The molecule has 0 aliphatic heterocycles. The summed E-state index contributed by atoms with van der Waals surface area (Å²) in [5.74, 6) is -3.58. The highest BCUT2D eigenvalue weighted by atomic mass is 19.2. The lowest BCUT2D eigenvalue weighted by Crippen LogP contribution is -2.14. The zero-order valence-electron chi connectivity index (χ0n) is 13.1. The number of amides is 1. The number of nitrogens with one attached hydrogen (secondary N) is 1. The lowest BCUT2D eigenvalue weighted by molar-refractivity contribution is -0.116. The summed E-state index contributed by atoms with van der Waals surface area (Å²) in [6, 6.07) is 14.8. The second-order valence-electron chi connectivity index (χ2n) is 5.40. The van der Waals surface area contributed by atoms with Crippen molar-refractivity contribution in [2.45, 2.75) is 12.8 Å². The van der Waals surface area contributed by atoms with Crippen molar-refractivity contribution in [2.75, 3.05) is 5.32 Å². The Morgan fingerprint density at radius 2 is 1.68 bits per heavy atom. The van der Waals surface area contributed by atoms with Gasteiger partial charge in [0.05, 0.1) is 5.69 Å². The fourth-order valence-electron chi connectivity index (χ4n) is 2.34. The van der Waals surface area contributed by atoms with Crippen LogP contribution in [-0.2, 0) is 11.2 Å². The lowest BCUT2D eigenvalue weighted by Gasteiger charge is -2.06. The van der Waals surface area contributed by atoms with Crippen molar-refractivity contribution in [1.29, 1.82) is 0 Å². The Kier molecular flexibility index (Phi) is 4.88. The van der Waals surface area contributed by atoms with Gasteiger partial charge in [-0.2, -0.15) is 0 Å². The summed E-state index contributed by atoms with van der Waals surface area (Å²) in [7, 11) is 0. The second-order valence-corrected chi connectivity index (χ2v) is 5.40. The number of carbonyl (C=O) groups is 1. The molecule has 1 aromatic heterocycles. The molecule has 25 heavy (non-hydrogen) atoms. The molecular formula is C19H14F3NO2. The molecule has 0 aliphatic carbocycles. The molecule has 0 aliphatic rings. The number of benzene rings is 2. The maximum Gasteiger partial charge on any atom is 0.224 e. The van der Waals surface area contributed by atoms with Gasteiger partial charge in [0.15, 0.2) is 17.5 Å². The third-order valence-electron chi connectivity index (χ3n) is 3.63. The zero-order valence-corrected chi connectivity index (χ0v) is 13.1. The highest BCUT2D eigenvalue weighted by Gasteiger charge is 2.15. The van der Waals surface area contributed by atoms with Gasteiger partial charge in [0.2, 0.25) is 5.91 Å². The standard InChI is InChI=1S/C19H14F3NO2/c20-14-8-9-15(19(22)18(14)21)23-17(24)11-7-13-6-10-16(25-13)12-4-2-1-3-5-12/h1-6,8-10H,7,11H2,(H,23,24). The molecule has 6 heteroatoms. The van der Waals surface area contributed by atoms with Crippen molar-refractivity contribution in [3.8, 4) is 11.3 Å². The van der Waals surface area contributed by atoms with Crippen molar-refractivity contribution in [3.05, 3.63) is 77.8 Å². The molecule has 1 heterocycles. The first-order valence-corrected chi connectivity index (χ1v) is 7.62. The Morgan fingerprint density at radius 3 is 2.44 bits per heavy atom. The van der Waals surface area contributed by atoms with Crippen LogP contribution < -0.4 is 5.32 Å². The van der Waals surface area contributed by atoms with E-state index in [1.807, 2.05) is 30.3 Å². The van der Waals surface area contributed by atoms with E-state index in [0.717, 1.165) is 17.7 Å². The summed E-state index contributed by atoms with van der Waals surface area (Å²) in [6.45, 7) is 0. The molecule has 0 saturated carbocycles. The molecule has 3 nitrogen and oxygen atoms in total. The van der Waals surface area contributed by atoms with Crippen LogP contribution in [0.4, 0.5) is 18.9 Å². The van der Waals surface area contributed by atoms with Gasteiger partial charge < -0.3 is 9.73 Å². The molecular weight excluding hydrogens is 331 g/mol. The number of anilines is 1. The lowest BCUT2D eigenvalue weighted by atomic mass is 10.2. The Balaban J connectivity index is 1.60. The third-order valence-corrected chi connectivity index (χ3v) is 3.63. The van der Waals surface area contributed by atoms with Crippen LogP contribution in [0.2, 0.25) is 0 Å².